The molecular formula is C16H23N3O. The maximum atomic E-state index is 9.13. The third-order valence-corrected chi connectivity index (χ3v) is 4.18. The fourth-order valence-electron chi connectivity index (χ4n) is 2.90. The fourth-order valence-corrected chi connectivity index (χ4v) is 2.90. The monoisotopic (exact) mass is 273 g/mol. The number of nitriles is 1. The number of nitrogens with two attached hydrogens (primary N) is 1. The smallest absolute Gasteiger partial charge is 0.136 e. The molecule has 0 unspecified atom stereocenters. The van der Waals surface area contributed by atoms with Crippen LogP contribution in [-0.4, -0.2) is 31.1 Å². The molecule has 0 spiro atoms. The molecule has 0 saturated heterocycles. The van der Waals surface area contributed by atoms with Crippen molar-refractivity contribution in [1.29, 1.82) is 5.26 Å². The van der Waals surface area contributed by atoms with Gasteiger partial charge in [0.05, 0.1) is 12.7 Å². The Morgan fingerprint density at radius 2 is 2.05 bits per heavy atom. The van der Waals surface area contributed by atoms with Crippen molar-refractivity contribution in [1.82, 2.24) is 4.90 Å². The van der Waals surface area contributed by atoms with Gasteiger partial charge >= 0.3 is 0 Å². The van der Waals surface area contributed by atoms with E-state index in [0.29, 0.717) is 23.4 Å². The van der Waals surface area contributed by atoms with E-state index in [1.807, 2.05) is 18.2 Å². The summed E-state index contributed by atoms with van der Waals surface area (Å²) < 4.78 is 5.17. The summed E-state index contributed by atoms with van der Waals surface area (Å²) in [6, 6.07) is 8.99. The van der Waals surface area contributed by atoms with Gasteiger partial charge in [-0.15, -0.1) is 0 Å². The topological polar surface area (TPSA) is 62.3 Å². The lowest BCUT2D eigenvalue weighted by molar-refractivity contribution is 0.176. The highest BCUT2D eigenvalue weighted by Gasteiger charge is 2.22. The summed E-state index contributed by atoms with van der Waals surface area (Å²) in [5.74, 6) is 0.641. The Balaban J connectivity index is 2.01. The molecule has 1 aliphatic rings. The SMILES string of the molecule is COc1ccc(CN(C)C2CCC(N)CC2)cc1C#N. The van der Waals surface area contributed by atoms with Crippen molar-refractivity contribution >= 4 is 0 Å². The summed E-state index contributed by atoms with van der Waals surface area (Å²) in [7, 11) is 3.74. The molecule has 0 bridgehead atoms. The standard InChI is InChI=1S/C16H23N3O/c1-19(15-6-4-14(18)5-7-15)11-12-3-8-16(20-2)13(9-12)10-17/h3,8-9,14-15H,4-7,11,18H2,1-2H3. The number of methoxy groups -OCH3 is 1. The molecule has 20 heavy (non-hydrogen) atoms. The van der Waals surface area contributed by atoms with Crippen LogP contribution in [0.25, 0.3) is 0 Å². The molecule has 1 saturated carbocycles. The predicted octanol–water partition coefficient (Wildman–Crippen LogP) is 2.27. The van der Waals surface area contributed by atoms with Crippen molar-refractivity contribution in [2.24, 2.45) is 5.73 Å². The minimum atomic E-state index is 0.380. The largest absolute Gasteiger partial charge is 0.495 e. The minimum Gasteiger partial charge on any atom is -0.495 e. The van der Waals surface area contributed by atoms with Gasteiger partial charge in [0.25, 0.3) is 0 Å². The van der Waals surface area contributed by atoms with Crippen LogP contribution in [0.4, 0.5) is 0 Å². The number of hydrogen-bond acceptors (Lipinski definition) is 4. The summed E-state index contributed by atoms with van der Waals surface area (Å²) in [4.78, 5) is 2.37. The summed E-state index contributed by atoms with van der Waals surface area (Å²) in [6.45, 7) is 0.860. The Hall–Kier alpha value is -1.57. The Labute approximate surface area is 121 Å². The van der Waals surface area contributed by atoms with Gasteiger partial charge in [-0.1, -0.05) is 6.07 Å². The van der Waals surface area contributed by atoms with Gasteiger partial charge in [0.1, 0.15) is 11.8 Å². The molecular weight excluding hydrogens is 250 g/mol. The fraction of sp³-hybridized carbons (Fsp3) is 0.562. The van der Waals surface area contributed by atoms with E-state index >= 15 is 0 Å². The minimum absolute atomic E-state index is 0.380. The zero-order valence-corrected chi connectivity index (χ0v) is 12.3. The molecule has 1 fully saturated rings. The second kappa shape index (κ2) is 6.74. The quantitative estimate of drug-likeness (QED) is 0.914. The van der Waals surface area contributed by atoms with Crippen LogP contribution in [0.3, 0.4) is 0 Å². The van der Waals surface area contributed by atoms with E-state index in [1.54, 1.807) is 7.11 Å². The van der Waals surface area contributed by atoms with Crippen molar-refractivity contribution in [3.63, 3.8) is 0 Å². The lowest BCUT2D eigenvalue weighted by Crippen LogP contribution is -2.38. The van der Waals surface area contributed by atoms with E-state index in [9.17, 15) is 0 Å². The van der Waals surface area contributed by atoms with Gasteiger partial charge in [-0.05, 0) is 50.4 Å². The Morgan fingerprint density at radius 1 is 1.35 bits per heavy atom. The van der Waals surface area contributed by atoms with E-state index in [2.05, 4.69) is 18.0 Å². The predicted molar refractivity (Wildman–Crippen MR) is 79.4 cm³/mol. The number of rotatable bonds is 4. The summed E-state index contributed by atoms with van der Waals surface area (Å²) in [5.41, 5.74) is 7.70. The molecule has 4 heteroatoms. The van der Waals surface area contributed by atoms with Crippen molar-refractivity contribution in [2.45, 2.75) is 44.3 Å². The van der Waals surface area contributed by atoms with Gasteiger partial charge in [-0.25, -0.2) is 0 Å². The third-order valence-electron chi connectivity index (χ3n) is 4.18. The molecule has 0 amide bonds. The molecule has 1 aromatic carbocycles. The molecule has 108 valence electrons. The van der Waals surface area contributed by atoms with Gasteiger partial charge in [0.15, 0.2) is 0 Å². The van der Waals surface area contributed by atoms with Gasteiger partial charge in [-0.2, -0.15) is 5.26 Å². The normalized spacial score (nSPS) is 22.6. The molecule has 1 aromatic rings. The van der Waals surface area contributed by atoms with E-state index in [0.717, 1.165) is 24.9 Å². The van der Waals surface area contributed by atoms with Crippen LogP contribution in [0.1, 0.15) is 36.8 Å². The van der Waals surface area contributed by atoms with Gasteiger partial charge in [0, 0.05) is 18.6 Å². The zero-order valence-electron chi connectivity index (χ0n) is 12.3. The maximum absolute atomic E-state index is 9.13. The first-order valence-electron chi connectivity index (χ1n) is 7.17. The Bertz CT molecular complexity index is 487. The molecule has 4 nitrogen and oxygen atoms in total. The first kappa shape index (κ1) is 14.8. The van der Waals surface area contributed by atoms with E-state index in [1.165, 1.54) is 12.8 Å². The lowest BCUT2D eigenvalue weighted by Gasteiger charge is -2.33. The summed E-state index contributed by atoms with van der Waals surface area (Å²) >= 11 is 0. The summed E-state index contributed by atoms with van der Waals surface area (Å²) in [6.07, 6.45) is 4.56. The Kier molecular flexibility index (Phi) is 4.99. The van der Waals surface area contributed by atoms with E-state index < -0.39 is 0 Å². The average Bonchev–Trinajstić information content (AvgIpc) is 2.47. The number of benzene rings is 1. The molecule has 2 rings (SSSR count). The highest BCUT2D eigenvalue weighted by Crippen LogP contribution is 2.24. The molecule has 0 radical (unpaired) electrons. The van der Waals surface area contributed by atoms with Crippen LogP contribution < -0.4 is 10.5 Å². The van der Waals surface area contributed by atoms with E-state index in [4.69, 9.17) is 15.7 Å². The first-order chi connectivity index (χ1) is 9.63. The molecule has 0 aliphatic heterocycles. The summed E-state index contributed by atoms with van der Waals surface area (Å²) in [5, 5.41) is 9.13. The molecule has 2 N–H and O–H groups in total. The second-order valence-electron chi connectivity index (χ2n) is 5.63. The average molecular weight is 273 g/mol. The van der Waals surface area contributed by atoms with Crippen molar-refractivity contribution in [2.75, 3.05) is 14.2 Å². The number of hydrogen-bond donors (Lipinski definition) is 1. The Morgan fingerprint density at radius 3 is 2.65 bits per heavy atom. The lowest BCUT2D eigenvalue weighted by atomic mass is 9.91. The first-order valence-corrected chi connectivity index (χ1v) is 7.17. The van der Waals surface area contributed by atoms with Crippen LogP contribution in [0.5, 0.6) is 5.75 Å². The van der Waals surface area contributed by atoms with E-state index in [-0.39, 0.29) is 0 Å². The van der Waals surface area contributed by atoms with Crippen LogP contribution in [-0.2, 0) is 6.54 Å². The third kappa shape index (κ3) is 3.50. The number of ether oxygens (including phenoxy) is 1. The highest BCUT2D eigenvalue weighted by molar-refractivity contribution is 5.45. The van der Waals surface area contributed by atoms with Gasteiger partial charge in [0.2, 0.25) is 0 Å². The molecule has 1 aliphatic carbocycles. The highest BCUT2D eigenvalue weighted by atomic mass is 16.5. The van der Waals surface area contributed by atoms with Crippen molar-refractivity contribution < 1.29 is 4.74 Å². The second-order valence-corrected chi connectivity index (χ2v) is 5.63. The number of nitrogens with zero attached hydrogens (tertiary/aromatic N) is 2. The molecule has 0 heterocycles. The van der Waals surface area contributed by atoms with Crippen LogP contribution >= 0.6 is 0 Å². The van der Waals surface area contributed by atoms with Crippen molar-refractivity contribution in [3.05, 3.63) is 29.3 Å². The van der Waals surface area contributed by atoms with Crippen LogP contribution in [0.15, 0.2) is 18.2 Å². The van der Waals surface area contributed by atoms with Crippen LogP contribution in [0.2, 0.25) is 0 Å². The maximum Gasteiger partial charge on any atom is 0.136 e. The zero-order chi connectivity index (χ0) is 14.5. The van der Waals surface area contributed by atoms with Crippen molar-refractivity contribution in [3.8, 4) is 11.8 Å². The van der Waals surface area contributed by atoms with Gasteiger partial charge in [-0.3, -0.25) is 4.90 Å². The van der Waals surface area contributed by atoms with Gasteiger partial charge < -0.3 is 10.5 Å². The molecule has 0 atom stereocenters. The van der Waals surface area contributed by atoms with Crippen LogP contribution in [0, 0.1) is 11.3 Å². The molecule has 0 aromatic heterocycles.